The predicted octanol–water partition coefficient (Wildman–Crippen LogP) is 0.143. The lowest BCUT2D eigenvalue weighted by Crippen LogP contribution is -1.64. The van der Waals surface area contributed by atoms with E-state index in [2.05, 4.69) is 13.0 Å². The van der Waals surface area contributed by atoms with Crippen molar-refractivity contribution in [2.45, 2.75) is 0 Å². The molecule has 0 aliphatic heterocycles. The van der Waals surface area contributed by atoms with E-state index in [1.807, 2.05) is 0 Å². The summed E-state index contributed by atoms with van der Waals surface area (Å²) in [6.07, 6.45) is 0.111. The van der Waals surface area contributed by atoms with E-state index in [1.54, 1.807) is 0 Å². The van der Waals surface area contributed by atoms with Crippen LogP contribution in [0.3, 0.4) is 0 Å². The minimum atomic E-state index is 0.111. The number of nitrogens with zero attached hydrogens (tertiary/aromatic N) is 1. The van der Waals surface area contributed by atoms with E-state index in [-0.39, 0.29) is 6.44 Å². The molecule has 0 spiro atoms. The van der Waals surface area contributed by atoms with E-state index in [0.29, 0.717) is 0 Å². The van der Waals surface area contributed by atoms with Crippen LogP contribution in [0.1, 0.15) is 0 Å². The van der Waals surface area contributed by atoms with Gasteiger partial charge in [-0.2, -0.15) is 0 Å². The van der Waals surface area contributed by atoms with Gasteiger partial charge in [-0.15, -0.1) is 0 Å². The van der Waals surface area contributed by atoms with Gasteiger partial charge in [0.1, 0.15) is 0 Å². The SMILES string of the molecule is [B]CN=N. The Balaban J connectivity index is 2.30. The van der Waals surface area contributed by atoms with Crippen molar-refractivity contribution < 1.29 is 0 Å². The number of hydrogen-bond donors (Lipinski definition) is 1. The maximum atomic E-state index is 5.95. The van der Waals surface area contributed by atoms with Crippen molar-refractivity contribution in [3.63, 3.8) is 0 Å². The molecule has 0 aliphatic carbocycles. The molecule has 3 heteroatoms. The van der Waals surface area contributed by atoms with E-state index < -0.39 is 0 Å². The van der Waals surface area contributed by atoms with Crippen LogP contribution in [0.5, 0.6) is 0 Å². The van der Waals surface area contributed by atoms with Gasteiger partial charge in [0.25, 0.3) is 0 Å². The van der Waals surface area contributed by atoms with E-state index in [0.717, 1.165) is 0 Å². The molecule has 0 aliphatic rings. The van der Waals surface area contributed by atoms with Gasteiger partial charge in [0, 0.05) is 6.44 Å². The molecule has 0 saturated heterocycles. The summed E-state index contributed by atoms with van der Waals surface area (Å²) in [6.45, 7) is 0. The van der Waals surface area contributed by atoms with E-state index >= 15 is 0 Å². The summed E-state index contributed by atoms with van der Waals surface area (Å²) in [5.41, 5.74) is 5.95. The van der Waals surface area contributed by atoms with Gasteiger partial charge in [-0.25, -0.2) is 10.6 Å². The lowest BCUT2D eigenvalue weighted by Gasteiger charge is -1.57. The molecule has 0 heterocycles. The topological polar surface area (TPSA) is 36.2 Å². The van der Waals surface area contributed by atoms with Gasteiger partial charge >= 0.3 is 0 Å². The van der Waals surface area contributed by atoms with E-state index in [4.69, 9.17) is 5.53 Å². The van der Waals surface area contributed by atoms with Crippen LogP contribution in [0.25, 0.3) is 0 Å². The lowest BCUT2D eigenvalue weighted by atomic mass is 10.2. The summed E-state index contributed by atoms with van der Waals surface area (Å²) >= 11 is 0. The van der Waals surface area contributed by atoms with Crippen molar-refractivity contribution in [3.8, 4) is 0 Å². The number of nitrogens with one attached hydrogen (secondary N) is 1. The molecule has 0 unspecified atom stereocenters. The highest BCUT2D eigenvalue weighted by atomic mass is 14.9. The first-order chi connectivity index (χ1) is 1.91. The Hall–Kier alpha value is -0.335. The molecule has 20 valence electrons. The van der Waals surface area contributed by atoms with Crippen LogP contribution in [0.2, 0.25) is 0 Å². The Morgan fingerprint density at radius 2 is 2.25 bits per heavy atom. The summed E-state index contributed by atoms with van der Waals surface area (Å²) < 4.78 is 0. The minimum Gasteiger partial charge on any atom is -0.211 e. The molecular formula is CH3BN2. The fraction of sp³-hybridized carbons (Fsp3) is 1.00. The predicted molar refractivity (Wildman–Crippen MR) is 15.8 cm³/mol. The average Bonchev–Trinajstić information content (AvgIpc) is 1.37. The molecule has 0 aromatic heterocycles. The number of rotatable bonds is 1. The van der Waals surface area contributed by atoms with Crippen LogP contribution < -0.4 is 0 Å². The Kier molecular flexibility index (Phi) is 2.44. The third-order valence-electron chi connectivity index (χ3n) is 0.0913. The van der Waals surface area contributed by atoms with Crippen LogP contribution in [0.4, 0.5) is 0 Å². The minimum absolute atomic E-state index is 0.111. The van der Waals surface area contributed by atoms with Gasteiger partial charge in [-0.1, -0.05) is 0 Å². The zero-order valence-corrected chi connectivity index (χ0v) is 2.23. The lowest BCUT2D eigenvalue weighted by molar-refractivity contribution is 1.05. The molecule has 2 radical (unpaired) electrons. The van der Waals surface area contributed by atoms with Crippen molar-refractivity contribution in [2.24, 2.45) is 5.11 Å². The van der Waals surface area contributed by atoms with E-state index in [1.165, 1.54) is 0 Å². The summed E-state index contributed by atoms with van der Waals surface area (Å²) in [5.74, 6) is 0. The Bertz CT molecular complexity index is 20.0. The van der Waals surface area contributed by atoms with E-state index in [9.17, 15) is 0 Å². The van der Waals surface area contributed by atoms with Crippen molar-refractivity contribution in [1.29, 1.82) is 5.53 Å². The van der Waals surface area contributed by atoms with Gasteiger partial charge in [-0.3, -0.25) is 0 Å². The molecule has 0 fully saturated rings. The average molecular weight is 53.9 g/mol. The van der Waals surface area contributed by atoms with Gasteiger partial charge in [0.2, 0.25) is 0 Å². The van der Waals surface area contributed by atoms with Crippen molar-refractivity contribution >= 4 is 7.85 Å². The molecule has 4 heavy (non-hydrogen) atoms. The van der Waals surface area contributed by atoms with Crippen LogP contribution >= 0.6 is 0 Å². The third-order valence-corrected chi connectivity index (χ3v) is 0.0913. The summed E-state index contributed by atoms with van der Waals surface area (Å²) in [6, 6.07) is 0. The summed E-state index contributed by atoms with van der Waals surface area (Å²) in [5, 5.41) is 2.76. The van der Waals surface area contributed by atoms with Crippen molar-refractivity contribution in [1.82, 2.24) is 0 Å². The molecule has 2 nitrogen and oxygen atoms in total. The number of hydrogen-bond acceptors (Lipinski definition) is 2. The van der Waals surface area contributed by atoms with Gasteiger partial charge in [0.15, 0.2) is 0 Å². The van der Waals surface area contributed by atoms with Crippen LogP contribution in [-0.4, -0.2) is 14.3 Å². The molecule has 0 saturated carbocycles. The molecule has 0 amide bonds. The fourth-order valence-corrected chi connectivity index (χ4v) is 0. The molecule has 0 atom stereocenters. The Labute approximate surface area is 26.1 Å². The molecule has 0 aromatic rings. The maximum Gasteiger partial charge on any atom is 0.0997 e. The summed E-state index contributed by atoms with van der Waals surface area (Å²) in [7, 11) is 4.67. The first-order valence-electron chi connectivity index (χ1n) is 0.948. The largest absolute Gasteiger partial charge is 0.211 e. The van der Waals surface area contributed by atoms with Gasteiger partial charge in [0.05, 0.1) is 7.85 Å². The zero-order chi connectivity index (χ0) is 3.41. The Morgan fingerprint density at radius 3 is 2.25 bits per heavy atom. The second-order valence-electron chi connectivity index (χ2n) is 0.341. The quantitative estimate of drug-likeness (QED) is 0.326. The Morgan fingerprint density at radius 1 is 2.00 bits per heavy atom. The highest BCUT2D eigenvalue weighted by Gasteiger charge is 1.47. The monoisotopic (exact) mass is 54.0 g/mol. The highest BCUT2D eigenvalue weighted by Crippen LogP contribution is 1.45. The van der Waals surface area contributed by atoms with Crippen LogP contribution in [-0.2, 0) is 0 Å². The van der Waals surface area contributed by atoms with Gasteiger partial charge < -0.3 is 0 Å². The smallest absolute Gasteiger partial charge is 0.0997 e. The third kappa shape index (κ3) is 1.66. The molecular weight excluding hydrogens is 50.8 g/mol. The maximum absolute atomic E-state index is 5.95. The van der Waals surface area contributed by atoms with Crippen LogP contribution in [0, 0.1) is 5.53 Å². The molecule has 1 N–H and O–H groups in total. The second-order valence-corrected chi connectivity index (χ2v) is 0.341. The summed E-state index contributed by atoms with van der Waals surface area (Å²) in [4.78, 5) is 0. The van der Waals surface area contributed by atoms with Crippen LogP contribution in [0.15, 0.2) is 5.11 Å². The van der Waals surface area contributed by atoms with Crippen molar-refractivity contribution in [2.75, 3.05) is 6.44 Å². The molecule has 0 rings (SSSR count). The second kappa shape index (κ2) is 2.66. The van der Waals surface area contributed by atoms with Gasteiger partial charge in [-0.05, 0) is 0 Å². The normalized spacial score (nSPS) is 6.00. The first-order valence-corrected chi connectivity index (χ1v) is 0.948. The zero-order valence-electron chi connectivity index (χ0n) is 2.23. The standard InChI is InChI=1S/CH3BN2/c2-1-4-3/h3H,1H2. The molecule has 0 bridgehead atoms. The fourth-order valence-electron chi connectivity index (χ4n) is 0. The first kappa shape index (κ1) is 3.66. The molecule has 0 aromatic carbocycles. The van der Waals surface area contributed by atoms with Crippen molar-refractivity contribution in [3.05, 3.63) is 0 Å². The highest BCUT2D eigenvalue weighted by molar-refractivity contribution is 6.08.